The third-order valence-electron chi connectivity index (χ3n) is 9.53. The van der Waals surface area contributed by atoms with Crippen LogP contribution in [0.25, 0.3) is 0 Å². The standard InChI is InChI=1S/C44H44O8/c1-45-22-23-46-36-14-6-32(7-15-36)43(33-8-16-37(17-9-33)47-24-40-27-50-40)30-2-4-31(5-3-30)44(34-10-18-38(19-11-34)48-25-41-28-51-41)35-12-20-39(21-13-35)49-26-42-29-52-42/h2-21,40-44H,22-29H2,1H3. The Morgan fingerprint density at radius 1 is 0.404 bits per heavy atom. The molecule has 4 atom stereocenters. The molecule has 0 aromatic heterocycles. The summed E-state index contributed by atoms with van der Waals surface area (Å²) in [7, 11) is 1.68. The summed E-state index contributed by atoms with van der Waals surface area (Å²) in [4.78, 5) is 0. The van der Waals surface area contributed by atoms with Gasteiger partial charge in [-0.25, -0.2) is 0 Å². The molecule has 0 saturated carbocycles. The van der Waals surface area contributed by atoms with Crippen LogP contribution in [0.5, 0.6) is 23.0 Å². The Bertz CT molecular complexity index is 1790. The van der Waals surface area contributed by atoms with E-state index in [1.165, 1.54) is 33.4 Å². The zero-order chi connectivity index (χ0) is 35.1. The van der Waals surface area contributed by atoms with Gasteiger partial charge in [0.05, 0.1) is 26.4 Å². The maximum atomic E-state index is 5.96. The Morgan fingerprint density at radius 3 is 0.904 bits per heavy atom. The SMILES string of the molecule is COCCOc1ccc(C(c2ccc(OCC3CO3)cc2)c2ccc(C(c3ccc(OCC4CO4)cc3)c3ccc(OCC4CO4)cc3)cc2)cc1. The van der Waals surface area contributed by atoms with E-state index in [2.05, 4.69) is 97.1 Å². The molecule has 5 aromatic rings. The molecule has 3 aliphatic heterocycles. The predicted octanol–water partition coefficient (Wildman–Crippen LogP) is 7.41. The first-order chi connectivity index (χ1) is 25.7. The van der Waals surface area contributed by atoms with Crippen molar-refractivity contribution in [3.8, 4) is 23.0 Å². The fraction of sp³-hybridized carbons (Fsp3) is 0.318. The lowest BCUT2D eigenvalue weighted by Crippen LogP contribution is -2.08. The molecule has 268 valence electrons. The second-order valence-electron chi connectivity index (χ2n) is 13.4. The van der Waals surface area contributed by atoms with E-state index < -0.39 is 0 Å². The summed E-state index contributed by atoms with van der Waals surface area (Å²) in [5, 5.41) is 0. The Morgan fingerprint density at radius 2 is 0.654 bits per heavy atom. The van der Waals surface area contributed by atoms with Gasteiger partial charge in [0.15, 0.2) is 0 Å². The minimum atomic E-state index is 0.0000918. The summed E-state index contributed by atoms with van der Waals surface area (Å²) in [6.07, 6.45) is 0.632. The lowest BCUT2D eigenvalue weighted by atomic mass is 9.81. The van der Waals surface area contributed by atoms with E-state index in [0.717, 1.165) is 42.8 Å². The molecule has 3 fully saturated rings. The highest BCUT2D eigenvalue weighted by molar-refractivity contribution is 5.50. The Kier molecular flexibility index (Phi) is 10.7. The number of epoxide rings is 3. The molecule has 0 radical (unpaired) electrons. The van der Waals surface area contributed by atoms with Gasteiger partial charge in [-0.2, -0.15) is 0 Å². The van der Waals surface area contributed by atoms with E-state index in [0.29, 0.717) is 33.0 Å². The number of ether oxygens (including phenoxy) is 8. The van der Waals surface area contributed by atoms with Crippen molar-refractivity contribution < 1.29 is 37.9 Å². The van der Waals surface area contributed by atoms with E-state index in [9.17, 15) is 0 Å². The van der Waals surface area contributed by atoms with Crippen LogP contribution in [0.2, 0.25) is 0 Å². The molecule has 3 aliphatic rings. The molecule has 0 amide bonds. The van der Waals surface area contributed by atoms with Crippen molar-refractivity contribution in [2.24, 2.45) is 0 Å². The molecule has 8 heteroatoms. The van der Waals surface area contributed by atoms with Crippen LogP contribution in [0.1, 0.15) is 45.2 Å². The molecule has 3 saturated heterocycles. The molecule has 8 nitrogen and oxygen atoms in total. The van der Waals surface area contributed by atoms with Crippen molar-refractivity contribution in [1.29, 1.82) is 0 Å². The molecule has 52 heavy (non-hydrogen) atoms. The lowest BCUT2D eigenvalue weighted by Gasteiger charge is -2.23. The van der Waals surface area contributed by atoms with Crippen molar-refractivity contribution >= 4 is 0 Å². The first-order valence-corrected chi connectivity index (χ1v) is 18.0. The fourth-order valence-electron chi connectivity index (χ4n) is 6.36. The van der Waals surface area contributed by atoms with Gasteiger partial charge >= 0.3 is 0 Å². The third kappa shape index (κ3) is 9.13. The van der Waals surface area contributed by atoms with Crippen LogP contribution in [0.15, 0.2) is 121 Å². The smallest absolute Gasteiger partial charge is 0.119 e. The van der Waals surface area contributed by atoms with Gasteiger partial charge in [0, 0.05) is 18.9 Å². The quantitative estimate of drug-likeness (QED) is 0.0501. The number of benzene rings is 5. The summed E-state index contributed by atoms with van der Waals surface area (Å²) < 4.78 is 44.9. The van der Waals surface area contributed by atoms with Crippen molar-refractivity contribution in [2.45, 2.75) is 30.1 Å². The van der Waals surface area contributed by atoms with Crippen molar-refractivity contribution in [3.63, 3.8) is 0 Å². The highest BCUT2D eigenvalue weighted by Crippen LogP contribution is 2.38. The molecular weight excluding hydrogens is 656 g/mol. The Balaban J connectivity index is 1.08. The maximum Gasteiger partial charge on any atom is 0.119 e. The summed E-state index contributed by atoms with van der Waals surface area (Å²) >= 11 is 0. The summed E-state index contributed by atoms with van der Waals surface area (Å²) in [6, 6.07) is 42.7. The molecule has 5 aromatic carbocycles. The van der Waals surface area contributed by atoms with Crippen molar-refractivity contribution in [1.82, 2.24) is 0 Å². The fourth-order valence-corrected chi connectivity index (χ4v) is 6.36. The molecule has 0 aliphatic carbocycles. The average Bonchev–Trinajstić information content (AvgIpc) is 4.04. The van der Waals surface area contributed by atoms with Gasteiger partial charge in [-0.05, 0) is 81.9 Å². The zero-order valence-electron chi connectivity index (χ0n) is 29.4. The highest BCUT2D eigenvalue weighted by atomic mass is 16.6. The summed E-state index contributed by atoms with van der Waals surface area (Å²) in [5.41, 5.74) is 7.07. The second-order valence-corrected chi connectivity index (χ2v) is 13.4. The average molecular weight is 701 g/mol. The van der Waals surface area contributed by atoms with E-state index in [1.807, 2.05) is 24.3 Å². The number of rotatable bonds is 19. The van der Waals surface area contributed by atoms with E-state index in [-0.39, 0.29) is 30.1 Å². The summed E-state index contributed by atoms with van der Waals surface area (Å²) in [5.74, 6) is 3.35. The molecule has 3 heterocycles. The number of methoxy groups -OCH3 is 1. The van der Waals surface area contributed by atoms with E-state index in [1.54, 1.807) is 7.11 Å². The first-order valence-electron chi connectivity index (χ1n) is 18.0. The minimum absolute atomic E-state index is 0.0000918. The van der Waals surface area contributed by atoms with E-state index in [4.69, 9.17) is 37.9 Å². The van der Waals surface area contributed by atoms with Gasteiger partial charge in [0.2, 0.25) is 0 Å². The highest BCUT2D eigenvalue weighted by Gasteiger charge is 2.26. The number of hydrogen-bond acceptors (Lipinski definition) is 8. The van der Waals surface area contributed by atoms with Gasteiger partial charge < -0.3 is 37.9 Å². The largest absolute Gasteiger partial charge is 0.491 e. The summed E-state index contributed by atoms with van der Waals surface area (Å²) in [6.45, 7) is 5.09. The van der Waals surface area contributed by atoms with Gasteiger partial charge in [-0.3, -0.25) is 0 Å². The monoisotopic (exact) mass is 700 g/mol. The lowest BCUT2D eigenvalue weighted by molar-refractivity contribution is 0.146. The molecule has 4 unspecified atom stereocenters. The van der Waals surface area contributed by atoms with Crippen LogP contribution >= 0.6 is 0 Å². The van der Waals surface area contributed by atoms with Crippen molar-refractivity contribution in [2.75, 3.05) is 60.0 Å². The van der Waals surface area contributed by atoms with Crippen LogP contribution in [-0.2, 0) is 18.9 Å². The molecular formula is C44H44O8. The van der Waals surface area contributed by atoms with Crippen LogP contribution < -0.4 is 18.9 Å². The normalized spacial score (nSPS) is 19.7. The third-order valence-corrected chi connectivity index (χ3v) is 9.53. The van der Waals surface area contributed by atoms with Crippen LogP contribution in [0.4, 0.5) is 0 Å². The molecule has 0 spiro atoms. The van der Waals surface area contributed by atoms with E-state index >= 15 is 0 Å². The van der Waals surface area contributed by atoms with Crippen LogP contribution in [-0.4, -0.2) is 78.3 Å². The maximum absolute atomic E-state index is 5.96. The molecule has 0 N–H and O–H groups in total. The Labute approximate surface area is 305 Å². The first kappa shape index (κ1) is 34.2. The number of hydrogen-bond donors (Lipinski definition) is 0. The molecule has 0 bridgehead atoms. The van der Waals surface area contributed by atoms with Gasteiger partial charge in [-0.1, -0.05) is 72.8 Å². The topological polar surface area (TPSA) is 83.7 Å². The zero-order valence-corrected chi connectivity index (χ0v) is 29.4. The van der Waals surface area contributed by atoms with Crippen LogP contribution in [0.3, 0.4) is 0 Å². The van der Waals surface area contributed by atoms with Crippen molar-refractivity contribution in [3.05, 3.63) is 155 Å². The Hall–Kier alpha value is -4.86. The second kappa shape index (κ2) is 16.2. The van der Waals surface area contributed by atoms with Gasteiger partial charge in [0.1, 0.15) is 67.7 Å². The van der Waals surface area contributed by atoms with Gasteiger partial charge in [0.25, 0.3) is 0 Å². The molecule has 8 rings (SSSR count). The van der Waals surface area contributed by atoms with Gasteiger partial charge in [-0.15, -0.1) is 0 Å². The van der Waals surface area contributed by atoms with Crippen LogP contribution in [0, 0.1) is 0 Å². The predicted molar refractivity (Wildman–Crippen MR) is 197 cm³/mol. The minimum Gasteiger partial charge on any atom is -0.491 e.